The van der Waals surface area contributed by atoms with Crippen molar-refractivity contribution >= 4 is 10.9 Å². The van der Waals surface area contributed by atoms with Gasteiger partial charge >= 0.3 is 0 Å². The van der Waals surface area contributed by atoms with Crippen LogP contribution in [0.1, 0.15) is 11.4 Å². The van der Waals surface area contributed by atoms with Crippen LogP contribution < -0.4 is 5.56 Å². The lowest BCUT2D eigenvalue weighted by Crippen LogP contribution is -2.24. The second-order valence-corrected chi connectivity index (χ2v) is 4.42. The first kappa shape index (κ1) is 11.6. The normalized spacial score (nSPS) is 10.8. The third-order valence-electron chi connectivity index (χ3n) is 3.14. The van der Waals surface area contributed by atoms with E-state index in [0.717, 1.165) is 16.9 Å². The zero-order chi connectivity index (χ0) is 13.2. The van der Waals surface area contributed by atoms with Gasteiger partial charge in [-0.1, -0.05) is 12.1 Å². The van der Waals surface area contributed by atoms with E-state index < -0.39 is 0 Å². The van der Waals surface area contributed by atoms with Gasteiger partial charge in [0, 0.05) is 12.4 Å². The van der Waals surface area contributed by atoms with E-state index in [0.29, 0.717) is 11.9 Å². The molecule has 3 aromatic rings. The first-order valence-corrected chi connectivity index (χ1v) is 6.11. The number of para-hydroxylation sites is 1. The lowest BCUT2D eigenvalue weighted by atomic mass is 10.2. The summed E-state index contributed by atoms with van der Waals surface area (Å²) in [5.74, 6) is 0.723. The molecule has 0 bridgehead atoms. The van der Waals surface area contributed by atoms with Gasteiger partial charge in [0.2, 0.25) is 0 Å². The summed E-state index contributed by atoms with van der Waals surface area (Å²) < 4.78 is 1.69. The van der Waals surface area contributed by atoms with Crippen LogP contribution in [-0.4, -0.2) is 14.5 Å². The average molecular weight is 251 g/mol. The molecule has 94 valence electrons. The molecular weight excluding hydrogens is 238 g/mol. The fraction of sp³-hybridized carbons (Fsp3) is 0.133. The summed E-state index contributed by atoms with van der Waals surface area (Å²) in [6.45, 7) is 2.38. The van der Waals surface area contributed by atoms with E-state index in [-0.39, 0.29) is 5.56 Å². The van der Waals surface area contributed by atoms with Gasteiger partial charge in [-0.05, 0) is 36.8 Å². The molecule has 0 saturated heterocycles. The summed E-state index contributed by atoms with van der Waals surface area (Å²) in [6, 6.07) is 11.2. The van der Waals surface area contributed by atoms with Crippen LogP contribution >= 0.6 is 0 Å². The van der Waals surface area contributed by atoms with Crippen molar-refractivity contribution < 1.29 is 0 Å². The maximum absolute atomic E-state index is 12.5. The van der Waals surface area contributed by atoms with Crippen molar-refractivity contribution in [1.29, 1.82) is 0 Å². The molecule has 0 amide bonds. The minimum atomic E-state index is -0.0000813. The highest BCUT2D eigenvalue weighted by molar-refractivity contribution is 5.77. The highest BCUT2D eigenvalue weighted by Gasteiger charge is 2.07. The summed E-state index contributed by atoms with van der Waals surface area (Å²) in [4.78, 5) is 20.9. The van der Waals surface area contributed by atoms with Crippen LogP contribution in [0.2, 0.25) is 0 Å². The van der Waals surface area contributed by atoms with Crippen LogP contribution in [0, 0.1) is 6.92 Å². The number of aryl methyl sites for hydroxylation is 1. The minimum Gasteiger partial charge on any atom is -0.292 e. The zero-order valence-electron chi connectivity index (χ0n) is 10.6. The highest BCUT2D eigenvalue weighted by atomic mass is 16.1. The quantitative estimate of drug-likeness (QED) is 0.701. The summed E-state index contributed by atoms with van der Waals surface area (Å²) in [6.07, 6.45) is 3.45. The number of hydrogen-bond acceptors (Lipinski definition) is 3. The molecule has 0 unspecified atom stereocenters. The van der Waals surface area contributed by atoms with Gasteiger partial charge in [0.05, 0.1) is 17.4 Å². The van der Waals surface area contributed by atoms with Gasteiger partial charge in [0.1, 0.15) is 5.82 Å². The van der Waals surface area contributed by atoms with Crippen molar-refractivity contribution in [1.82, 2.24) is 14.5 Å². The molecule has 0 atom stereocenters. The molecular formula is C15H13N3O. The second kappa shape index (κ2) is 4.65. The topological polar surface area (TPSA) is 47.8 Å². The predicted octanol–water partition coefficient (Wildman–Crippen LogP) is 2.15. The zero-order valence-corrected chi connectivity index (χ0v) is 10.6. The molecule has 3 rings (SSSR count). The van der Waals surface area contributed by atoms with Crippen molar-refractivity contribution in [3.63, 3.8) is 0 Å². The molecule has 2 aromatic heterocycles. The highest BCUT2D eigenvalue weighted by Crippen LogP contribution is 2.08. The van der Waals surface area contributed by atoms with Crippen molar-refractivity contribution in [3.8, 4) is 0 Å². The Balaban J connectivity index is 2.16. The molecule has 0 N–H and O–H groups in total. The lowest BCUT2D eigenvalue weighted by molar-refractivity contribution is 0.712. The van der Waals surface area contributed by atoms with Crippen molar-refractivity contribution in [2.24, 2.45) is 0 Å². The fourth-order valence-electron chi connectivity index (χ4n) is 2.14. The molecule has 19 heavy (non-hydrogen) atoms. The largest absolute Gasteiger partial charge is 0.292 e. The number of aromatic nitrogens is 3. The van der Waals surface area contributed by atoms with Gasteiger partial charge in [0.15, 0.2) is 0 Å². The summed E-state index contributed by atoms with van der Waals surface area (Å²) in [5.41, 5.74) is 1.79. The van der Waals surface area contributed by atoms with E-state index in [4.69, 9.17) is 0 Å². The van der Waals surface area contributed by atoms with Gasteiger partial charge in [0.25, 0.3) is 5.56 Å². The second-order valence-electron chi connectivity index (χ2n) is 4.42. The van der Waals surface area contributed by atoms with E-state index in [1.807, 2.05) is 43.3 Å². The van der Waals surface area contributed by atoms with Crippen molar-refractivity contribution in [2.45, 2.75) is 13.5 Å². The molecule has 0 saturated carbocycles. The van der Waals surface area contributed by atoms with Gasteiger partial charge < -0.3 is 0 Å². The van der Waals surface area contributed by atoms with E-state index in [2.05, 4.69) is 9.97 Å². The van der Waals surface area contributed by atoms with E-state index >= 15 is 0 Å². The monoisotopic (exact) mass is 251 g/mol. The van der Waals surface area contributed by atoms with Crippen LogP contribution in [0.15, 0.2) is 53.6 Å². The Morgan fingerprint density at radius 2 is 1.84 bits per heavy atom. The van der Waals surface area contributed by atoms with Crippen LogP contribution in [0.25, 0.3) is 10.9 Å². The number of benzene rings is 1. The van der Waals surface area contributed by atoms with Gasteiger partial charge in [-0.3, -0.25) is 14.3 Å². The van der Waals surface area contributed by atoms with E-state index in [1.165, 1.54) is 0 Å². The standard InChI is InChI=1S/C15H13N3O/c1-11-17-14-5-3-2-4-13(14)15(19)18(11)10-12-6-8-16-9-7-12/h2-9H,10H2,1H3. The van der Waals surface area contributed by atoms with Gasteiger partial charge in [-0.25, -0.2) is 4.98 Å². The number of fused-ring (bicyclic) bond motifs is 1. The summed E-state index contributed by atoms with van der Waals surface area (Å²) in [5, 5.41) is 0.655. The Bertz CT molecular complexity index is 778. The van der Waals surface area contributed by atoms with Crippen LogP contribution in [0.5, 0.6) is 0 Å². The third-order valence-corrected chi connectivity index (χ3v) is 3.14. The molecule has 2 heterocycles. The number of hydrogen-bond donors (Lipinski definition) is 0. The van der Waals surface area contributed by atoms with E-state index in [1.54, 1.807) is 17.0 Å². The predicted molar refractivity (Wildman–Crippen MR) is 74.1 cm³/mol. The van der Waals surface area contributed by atoms with Crippen LogP contribution in [0.3, 0.4) is 0 Å². The Morgan fingerprint density at radius 3 is 2.63 bits per heavy atom. The molecule has 0 aliphatic carbocycles. The molecule has 4 nitrogen and oxygen atoms in total. The Morgan fingerprint density at radius 1 is 1.11 bits per heavy atom. The number of pyridine rings is 1. The maximum atomic E-state index is 12.5. The molecule has 0 aliphatic rings. The summed E-state index contributed by atoms with van der Waals surface area (Å²) in [7, 11) is 0. The number of rotatable bonds is 2. The van der Waals surface area contributed by atoms with Crippen molar-refractivity contribution in [2.75, 3.05) is 0 Å². The Hall–Kier alpha value is -2.49. The fourth-order valence-corrected chi connectivity index (χ4v) is 2.14. The Labute approximate surface area is 110 Å². The van der Waals surface area contributed by atoms with Crippen molar-refractivity contribution in [3.05, 3.63) is 70.5 Å². The first-order chi connectivity index (χ1) is 9.25. The van der Waals surface area contributed by atoms with Gasteiger partial charge in [-0.15, -0.1) is 0 Å². The maximum Gasteiger partial charge on any atom is 0.261 e. The van der Waals surface area contributed by atoms with E-state index in [9.17, 15) is 4.79 Å². The average Bonchev–Trinajstić information content (AvgIpc) is 2.45. The molecule has 0 radical (unpaired) electrons. The minimum absolute atomic E-state index is 0.0000813. The Kier molecular flexibility index (Phi) is 2.83. The molecule has 0 aliphatic heterocycles. The lowest BCUT2D eigenvalue weighted by Gasteiger charge is -2.10. The summed E-state index contributed by atoms with van der Waals surface area (Å²) >= 11 is 0. The smallest absolute Gasteiger partial charge is 0.261 e. The molecule has 0 spiro atoms. The van der Waals surface area contributed by atoms with Crippen LogP contribution in [0.4, 0.5) is 0 Å². The molecule has 0 fully saturated rings. The van der Waals surface area contributed by atoms with Gasteiger partial charge in [-0.2, -0.15) is 0 Å². The SMILES string of the molecule is Cc1nc2ccccc2c(=O)n1Cc1ccncc1. The first-order valence-electron chi connectivity index (χ1n) is 6.11. The third kappa shape index (κ3) is 2.12. The van der Waals surface area contributed by atoms with Crippen LogP contribution in [-0.2, 0) is 6.54 Å². The molecule has 1 aromatic carbocycles. The number of nitrogens with zero attached hydrogens (tertiary/aromatic N) is 3. The molecule has 4 heteroatoms.